The number of ether oxygens (including phenoxy) is 2. The molecule has 1 aromatic heterocycles. The Balaban J connectivity index is 1.55. The van der Waals surface area contributed by atoms with Crippen molar-refractivity contribution in [3.8, 4) is 23.0 Å². The lowest BCUT2D eigenvalue weighted by Gasteiger charge is -2.07. The molecule has 2 aromatic carbocycles. The Morgan fingerprint density at radius 2 is 1.96 bits per heavy atom. The van der Waals surface area contributed by atoms with Gasteiger partial charge in [-0.2, -0.15) is 0 Å². The highest BCUT2D eigenvalue weighted by atomic mass is 16.6. The Bertz CT molecular complexity index is 783. The number of esters is 1. The van der Waals surface area contributed by atoms with Crippen molar-refractivity contribution in [1.29, 1.82) is 0 Å². The standard InChI is InChI=1S/C17H14N2O4/c1-12-3-2-4-15(9-12)21-10-16(20)23-14-7-5-13(6-8-14)17-19-18-11-22-17/h2-9,11H,10H2,1H3. The molecule has 3 rings (SSSR count). The van der Waals surface area contributed by atoms with Crippen LogP contribution in [0.4, 0.5) is 0 Å². The molecule has 0 aliphatic carbocycles. The zero-order valence-corrected chi connectivity index (χ0v) is 12.4. The molecule has 0 unspecified atom stereocenters. The first-order chi connectivity index (χ1) is 11.2. The number of aromatic nitrogens is 2. The van der Waals surface area contributed by atoms with Gasteiger partial charge >= 0.3 is 5.97 Å². The predicted octanol–water partition coefficient (Wildman–Crippen LogP) is 3.03. The van der Waals surface area contributed by atoms with Gasteiger partial charge in [0.2, 0.25) is 12.3 Å². The molecule has 0 amide bonds. The zero-order valence-electron chi connectivity index (χ0n) is 12.4. The van der Waals surface area contributed by atoms with Crippen LogP contribution in [0.1, 0.15) is 5.56 Å². The number of hydrogen-bond donors (Lipinski definition) is 0. The SMILES string of the molecule is Cc1cccc(OCC(=O)Oc2ccc(-c3nnco3)cc2)c1. The largest absolute Gasteiger partial charge is 0.482 e. The number of hydrogen-bond acceptors (Lipinski definition) is 6. The molecule has 3 aromatic rings. The van der Waals surface area contributed by atoms with Gasteiger partial charge in [-0.1, -0.05) is 12.1 Å². The van der Waals surface area contributed by atoms with Crippen molar-refractivity contribution >= 4 is 5.97 Å². The quantitative estimate of drug-likeness (QED) is 0.532. The molecular formula is C17H14N2O4. The Morgan fingerprint density at radius 1 is 1.13 bits per heavy atom. The van der Waals surface area contributed by atoms with Gasteiger partial charge in [0, 0.05) is 5.56 Å². The van der Waals surface area contributed by atoms with Crippen LogP contribution >= 0.6 is 0 Å². The number of carbonyl (C=O) groups excluding carboxylic acids is 1. The number of rotatable bonds is 5. The van der Waals surface area contributed by atoms with Crippen LogP contribution in [0.2, 0.25) is 0 Å². The molecule has 1 heterocycles. The van der Waals surface area contributed by atoms with Crippen LogP contribution < -0.4 is 9.47 Å². The van der Waals surface area contributed by atoms with E-state index in [-0.39, 0.29) is 6.61 Å². The monoisotopic (exact) mass is 310 g/mol. The normalized spacial score (nSPS) is 10.3. The summed E-state index contributed by atoms with van der Waals surface area (Å²) < 4.78 is 15.7. The average molecular weight is 310 g/mol. The maximum absolute atomic E-state index is 11.8. The first-order valence-corrected chi connectivity index (χ1v) is 6.97. The number of carbonyl (C=O) groups is 1. The van der Waals surface area contributed by atoms with Crippen LogP contribution in [-0.2, 0) is 4.79 Å². The van der Waals surface area contributed by atoms with Crippen LogP contribution in [0.5, 0.6) is 11.5 Å². The van der Waals surface area contributed by atoms with Gasteiger partial charge in [-0.05, 0) is 48.9 Å². The second-order valence-corrected chi connectivity index (χ2v) is 4.85. The minimum absolute atomic E-state index is 0.158. The summed E-state index contributed by atoms with van der Waals surface area (Å²) in [6, 6.07) is 14.2. The molecule has 0 bridgehead atoms. The van der Waals surface area contributed by atoms with Gasteiger partial charge < -0.3 is 13.9 Å². The molecular weight excluding hydrogens is 296 g/mol. The summed E-state index contributed by atoms with van der Waals surface area (Å²) in [6.07, 6.45) is 1.26. The van der Waals surface area contributed by atoms with E-state index in [0.717, 1.165) is 11.1 Å². The van der Waals surface area contributed by atoms with Gasteiger partial charge in [0.15, 0.2) is 6.61 Å². The Labute approximate surface area is 132 Å². The van der Waals surface area contributed by atoms with Gasteiger partial charge in [0.25, 0.3) is 0 Å². The molecule has 116 valence electrons. The van der Waals surface area contributed by atoms with Crippen molar-refractivity contribution in [3.05, 3.63) is 60.5 Å². The van der Waals surface area contributed by atoms with E-state index >= 15 is 0 Å². The van der Waals surface area contributed by atoms with E-state index in [4.69, 9.17) is 13.9 Å². The second kappa shape index (κ2) is 6.74. The maximum atomic E-state index is 11.8. The lowest BCUT2D eigenvalue weighted by molar-refractivity contribution is -0.136. The molecule has 0 fully saturated rings. The molecule has 0 N–H and O–H groups in total. The minimum atomic E-state index is -0.475. The highest BCUT2D eigenvalue weighted by Gasteiger charge is 2.08. The summed E-state index contributed by atoms with van der Waals surface area (Å²) in [5.41, 5.74) is 1.81. The fraction of sp³-hybridized carbons (Fsp3) is 0.118. The fourth-order valence-electron chi connectivity index (χ4n) is 1.97. The summed E-state index contributed by atoms with van der Waals surface area (Å²) in [4.78, 5) is 11.8. The lowest BCUT2D eigenvalue weighted by atomic mass is 10.2. The molecule has 0 aliphatic heterocycles. The van der Waals surface area contributed by atoms with E-state index in [1.165, 1.54) is 6.39 Å². The molecule has 0 radical (unpaired) electrons. The molecule has 23 heavy (non-hydrogen) atoms. The zero-order chi connectivity index (χ0) is 16.1. The molecule has 0 spiro atoms. The van der Waals surface area contributed by atoms with Crippen molar-refractivity contribution in [1.82, 2.24) is 10.2 Å². The highest BCUT2D eigenvalue weighted by Crippen LogP contribution is 2.20. The molecule has 0 saturated carbocycles. The van der Waals surface area contributed by atoms with Crippen LogP contribution in [-0.4, -0.2) is 22.8 Å². The third-order valence-corrected chi connectivity index (χ3v) is 3.04. The van der Waals surface area contributed by atoms with Crippen molar-refractivity contribution in [2.45, 2.75) is 6.92 Å². The van der Waals surface area contributed by atoms with Crippen molar-refractivity contribution in [2.24, 2.45) is 0 Å². The first-order valence-electron chi connectivity index (χ1n) is 6.97. The number of nitrogens with zero attached hydrogens (tertiary/aromatic N) is 2. The molecule has 0 saturated heterocycles. The maximum Gasteiger partial charge on any atom is 0.349 e. The number of benzene rings is 2. The molecule has 6 heteroatoms. The van der Waals surface area contributed by atoms with Gasteiger partial charge in [0.05, 0.1) is 0 Å². The minimum Gasteiger partial charge on any atom is -0.482 e. The third kappa shape index (κ3) is 3.94. The summed E-state index contributed by atoms with van der Waals surface area (Å²) in [6.45, 7) is 1.80. The van der Waals surface area contributed by atoms with Crippen LogP contribution in [0.3, 0.4) is 0 Å². The highest BCUT2D eigenvalue weighted by molar-refractivity contribution is 5.74. The Morgan fingerprint density at radius 3 is 2.65 bits per heavy atom. The van der Waals surface area contributed by atoms with Crippen LogP contribution in [0, 0.1) is 6.92 Å². The second-order valence-electron chi connectivity index (χ2n) is 4.85. The van der Waals surface area contributed by atoms with Crippen LogP contribution in [0.25, 0.3) is 11.5 Å². The van der Waals surface area contributed by atoms with E-state index in [1.54, 1.807) is 30.3 Å². The lowest BCUT2D eigenvalue weighted by Crippen LogP contribution is -2.17. The van der Waals surface area contributed by atoms with E-state index in [9.17, 15) is 4.79 Å². The smallest absolute Gasteiger partial charge is 0.349 e. The van der Waals surface area contributed by atoms with Crippen molar-refractivity contribution < 1.29 is 18.7 Å². The summed E-state index contributed by atoms with van der Waals surface area (Å²) in [7, 11) is 0. The third-order valence-electron chi connectivity index (χ3n) is 3.04. The van der Waals surface area contributed by atoms with E-state index in [2.05, 4.69) is 10.2 Å². The first kappa shape index (κ1) is 14.8. The Hall–Kier alpha value is -3.15. The fourth-order valence-corrected chi connectivity index (χ4v) is 1.97. The van der Waals surface area contributed by atoms with E-state index in [0.29, 0.717) is 17.4 Å². The summed E-state index contributed by atoms with van der Waals surface area (Å²) >= 11 is 0. The van der Waals surface area contributed by atoms with Gasteiger partial charge in [0.1, 0.15) is 11.5 Å². The van der Waals surface area contributed by atoms with Crippen molar-refractivity contribution in [3.63, 3.8) is 0 Å². The van der Waals surface area contributed by atoms with Gasteiger partial charge in [-0.15, -0.1) is 10.2 Å². The average Bonchev–Trinajstić information content (AvgIpc) is 3.08. The molecule has 0 atom stereocenters. The van der Waals surface area contributed by atoms with Crippen molar-refractivity contribution in [2.75, 3.05) is 6.61 Å². The van der Waals surface area contributed by atoms with Crippen LogP contribution in [0.15, 0.2) is 59.3 Å². The van der Waals surface area contributed by atoms with E-state index in [1.807, 2.05) is 25.1 Å². The predicted molar refractivity (Wildman–Crippen MR) is 82.0 cm³/mol. The van der Waals surface area contributed by atoms with Gasteiger partial charge in [-0.3, -0.25) is 0 Å². The van der Waals surface area contributed by atoms with E-state index < -0.39 is 5.97 Å². The summed E-state index contributed by atoms with van der Waals surface area (Å²) in [5, 5.41) is 7.41. The summed E-state index contributed by atoms with van der Waals surface area (Å²) in [5.74, 6) is 0.988. The molecule has 6 nitrogen and oxygen atoms in total. The Kier molecular flexibility index (Phi) is 4.33. The molecule has 0 aliphatic rings. The topological polar surface area (TPSA) is 74.5 Å². The number of aryl methyl sites for hydroxylation is 1. The van der Waals surface area contributed by atoms with Gasteiger partial charge in [-0.25, -0.2) is 4.79 Å².